The van der Waals surface area contributed by atoms with Gasteiger partial charge < -0.3 is 19.0 Å². The quantitative estimate of drug-likeness (QED) is 0.784. The number of aryl methyl sites for hydroxylation is 1. The van der Waals surface area contributed by atoms with Crippen LogP contribution in [-0.2, 0) is 16.1 Å². The molecule has 1 saturated carbocycles. The van der Waals surface area contributed by atoms with Crippen LogP contribution in [0.4, 0.5) is 0 Å². The average molecular weight is 344 g/mol. The van der Waals surface area contributed by atoms with Crippen LogP contribution < -0.4 is 5.32 Å². The van der Waals surface area contributed by atoms with Gasteiger partial charge in [-0.05, 0) is 57.7 Å². The molecular formula is C19H24N2O4. The van der Waals surface area contributed by atoms with E-state index in [1.165, 1.54) is 0 Å². The van der Waals surface area contributed by atoms with Crippen LogP contribution in [0.3, 0.4) is 0 Å². The minimum absolute atomic E-state index is 0.143. The molecule has 1 fully saturated rings. The van der Waals surface area contributed by atoms with Gasteiger partial charge in [0.25, 0.3) is 5.91 Å². The van der Waals surface area contributed by atoms with Gasteiger partial charge in [0.05, 0.1) is 18.4 Å². The van der Waals surface area contributed by atoms with E-state index in [0.29, 0.717) is 18.0 Å². The Hall–Kier alpha value is -2.50. The Morgan fingerprint density at radius 3 is 2.80 bits per heavy atom. The maximum Gasteiger partial charge on any atom is 0.340 e. The summed E-state index contributed by atoms with van der Waals surface area (Å²) in [5, 5.41) is 2.88. The Bertz CT molecular complexity index is 757. The number of amides is 1. The number of ether oxygens (including phenoxy) is 1. The number of nitrogens with zero attached hydrogens (tertiary/aromatic N) is 1. The fourth-order valence-electron chi connectivity index (χ4n) is 3.03. The topological polar surface area (TPSA) is 73.5 Å². The van der Waals surface area contributed by atoms with E-state index in [4.69, 9.17) is 9.15 Å². The second kappa shape index (κ2) is 7.17. The predicted octanol–water partition coefficient (Wildman–Crippen LogP) is 2.82. The van der Waals surface area contributed by atoms with Crippen molar-refractivity contribution in [2.24, 2.45) is 5.92 Å². The zero-order valence-corrected chi connectivity index (χ0v) is 14.9. The molecule has 3 rings (SSSR count). The van der Waals surface area contributed by atoms with Crippen molar-refractivity contribution in [2.75, 3.05) is 6.61 Å². The third kappa shape index (κ3) is 4.13. The van der Waals surface area contributed by atoms with Crippen molar-refractivity contribution in [2.45, 2.75) is 46.2 Å². The number of carbonyl (C=O) groups is 2. The minimum Gasteiger partial charge on any atom is -0.467 e. The molecule has 1 aliphatic carbocycles. The fraction of sp³-hybridized carbons (Fsp3) is 0.474. The third-order valence-electron chi connectivity index (χ3n) is 4.74. The number of hydrogen-bond donors (Lipinski definition) is 1. The van der Waals surface area contributed by atoms with Crippen LogP contribution in [0.2, 0.25) is 0 Å². The summed E-state index contributed by atoms with van der Waals surface area (Å²) >= 11 is 0. The number of furan rings is 1. The van der Waals surface area contributed by atoms with E-state index in [-0.39, 0.29) is 18.6 Å². The maximum absolute atomic E-state index is 12.3. The van der Waals surface area contributed by atoms with Gasteiger partial charge >= 0.3 is 5.97 Å². The van der Waals surface area contributed by atoms with E-state index in [0.717, 1.165) is 30.0 Å². The van der Waals surface area contributed by atoms with Gasteiger partial charge in [0.2, 0.25) is 0 Å². The Morgan fingerprint density at radius 1 is 1.40 bits per heavy atom. The standard InChI is InChI=1S/C19H24N2O4/c1-12-9-17(14(3)21(12)10-16-5-4-8-24-16)19(23)25-11-18(22)20-13(2)15-6-7-15/h4-5,8-9,13,15H,6-7,10-11H2,1-3H3,(H,20,22)/t13-/m0/s1. The van der Waals surface area contributed by atoms with Gasteiger partial charge in [-0.1, -0.05) is 0 Å². The number of aromatic nitrogens is 1. The first-order chi connectivity index (χ1) is 12.0. The molecule has 2 aromatic rings. The molecule has 0 unspecified atom stereocenters. The van der Waals surface area contributed by atoms with Gasteiger partial charge in [0.1, 0.15) is 5.76 Å². The first-order valence-corrected chi connectivity index (χ1v) is 8.61. The van der Waals surface area contributed by atoms with Crippen molar-refractivity contribution in [3.8, 4) is 0 Å². The number of esters is 1. The highest BCUT2D eigenvalue weighted by atomic mass is 16.5. The highest BCUT2D eigenvalue weighted by molar-refractivity contribution is 5.92. The normalized spacial score (nSPS) is 15.0. The summed E-state index contributed by atoms with van der Waals surface area (Å²) in [5.74, 6) is 0.653. The fourth-order valence-corrected chi connectivity index (χ4v) is 3.03. The monoisotopic (exact) mass is 344 g/mol. The first kappa shape index (κ1) is 17.3. The summed E-state index contributed by atoms with van der Waals surface area (Å²) in [6.45, 7) is 6.08. The third-order valence-corrected chi connectivity index (χ3v) is 4.74. The Morgan fingerprint density at radius 2 is 2.16 bits per heavy atom. The maximum atomic E-state index is 12.3. The number of hydrogen-bond acceptors (Lipinski definition) is 4. The average Bonchev–Trinajstić information content (AvgIpc) is 3.24. The van der Waals surface area contributed by atoms with Crippen LogP contribution in [0.15, 0.2) is 28.9 Å². The molecular weight excluding hydrogens is 320 g/mol. The van der Waals surface area contributed by atoms with E-state index in [1.54, 1.807) is 12.3 Å². The zero-order chi connectivity index (χ0) is 18.0. The molecule has 25 heavy (non-hydrogen) atoms. The second-order valence-electron chi connectivity index (χ2n) is 6.72. The van der Waals surface area contributed by atoms with Crippen molar-refractivity contribution in [3.05, 3.63) is 47.2 Å². The second-order valence-corrected chi connectivity index (χ2v) is 6.72. The number of nitrogens with one attached hydrogen (secondary N) is 1. The summed E-state index contributed by atoms with van der Waals surface area (Å²) in [4.78, 5) is 24.2. The molecule has 134 valence electrons. The van der Waals surface area contributed by atoms with Gasteiger partial charge in [-0.25, -0.2) is 4.79 Å². The summed E-state index contributed by atoms with van der Waals surface area (Å²) in [6, 6.07) is 5.65. The molecule has 1 aliphatic rings. The lowest BCUT2D eigenvalue weighted by Gasteiger charge is -2.12. The van der Waals surface area contributed by atoms with Crippen LogP contribution in [0, 0.1) is 19.8 Å². The number of carbonyl (C=O) groups excluding carboxylic acids is 2. The van der Waals surface area contributed by atoms with Crippen molar-refractivity contribution in [1.82, 2.24) is 9.88 Å². The lowest BCUT2D eigenvalue weighted by atomic mass is 10.2. The molecule has 6 heteroatoms. The Labute approximate surface area is 147 Å². The van der Waals surface area contributed by atoms with Gasteiger partial charge in [-0.3, -0.25) is 4.79 Å². The summed E-state index contributed by atoms with van der Waals surface area (Å²) in [7, 11) is 0. The molecule has 2 aromatic heterocycles. The van der Waals surface area contributed by atoms with Crippen molar-refractivity contribution >= 4 is 11.9 Å². The highest BCUT2D eigenvalue weighted by Crippen LogP contribution is 2.32. The van der Waals surface area contributed by atoms with E-state index in [9.17, 15) is 9.59 Å². The van der Waals surface area contributed by atoms with Gasteiger partial charge in [-0.2, -0.15) is 0 Å². The first-order valence-electron chi connectivity index (χ1n) is 8.61. The molecule has 2 heterocycles. The molecule has 0 aliphatic heterocycles. The van der Waals surface area contributed by atoms with E-state index >= 15 is 0 Å². The van der Waals surface area contributed by atoms with Gasteiger partial charge in [0.15, 0.2) is 6.61 Å². The molecule has 1 amide bonds. The molecule has 1 atom stereocenters. The molecule has 0 saturated heterocycles. The Kier molecular flexibility index (Phi) is 4.97. The molecule has 1 N–H and O–H groups in total. The van der Waals surface area contributed by atoms with Crippen LogP contribution in [0.1, 0.15) is 47.3 Å². The molecule has 0 radical (unpaired) electrons. The van der Waals surface area contributed by atoms with Crippen LogP contribution in [-0.4, -0.2) is 29.1 Å². The van der Waals surface area contributed by atoms with E-state index in [2.05, 4.69) is 5.32 Å². The van der Waals surface area contributed by atoms with Crippen LogP contribution in [0.5, 0.6) is 0 Å². The summed E-state index contributed by atoms with van der Waals surface area (Å²) in [5.41, 5.74) is 2.21. The molecule has 0 bridgehead atoms. The lowest BCUT2D eigenvalue weighted by Crippen LogP contribution is -2.37. The van der Waals surface area contributed by atoms with Gasteiger partial charge in [0, 0.05) is 17.4 Å². The van der Waals surface area contributed by atoms with Crippen LogP contribution in [0.25, 0.3) is 0 Å². The lowest BCUT2D eigenvalue weighted by molar-refractivity contribution is -0.124. The molecule has 6 nitrogen and oxygen atoms in total. The van der Waals surface area contributed by atoms with Crippen molar-refractivity contribution in [3.63, 3.8) is 0 Å². The van der Waals surface area contributed by atoms with E-state index in [1.807, 2.05) is 37.5 Å². The Balaban J connectivity index is 1.59. The summed E-state index contributed by atoms with van der Waals surface area (Å²) in [6.07, 6.45) is 3.94. The van der Waals surface area contributed by atoms with Crippen molar-refractivity contribution in [1.29, 1.82) is 0 Å². The SMILES string of the molecule is Cc1cc(C(=O)OCC(=O)N[C@@H](C)C2CC2)c(C)n1Cc1ccco1. The highest BCUT2D eigenvalue weighted by Gasteiger charge is 2.29. The van der Waals surface area contributed by atoms with Crippen LogP contribution >= 0.6 is 0 Å². The molecule has 0 aromatic carbocycles. The minimum atomic E-state index is -0.479. The smallest absolute Gasteiger partial charge is 0.340 e. The molecule has 0 spiro atoms. The zero-order valence-electron chi connectivity index (χ0n) is 14.9. The number of rotatable bonds is 7. The largest absolute Gasteiger partial charge is 0.467 e. The summed E-state index contributed by atoms with van der Waals surface area (Å²) < 4.78 is 12.5. The van der Waals surface area contributed by atoms with Crippen molar-refractivity contribution < 1.29 is 18.7 Å². The predicted molar refractivity (Wildman–Crippen MR) is 92.3 cm³/mol. The van der Waals surface area contributed by atoms with Gasteiger partial charge in [-0.15, -0.1) is 0 Å². The van der Waals surface area contributed by atoms with E-state index < -0.39 is 5.97 Å².